The van der Waals surface area contributed by atoms with Crippen LogP contribution >= 0.6 is 0 Å². The van der Waals surface area contributed by atoms with E-state index in [-0.39, 0.29) is 29.2 Å². The summed E-state index contributed by atoms with van der Waals surface area (Å²) in [6.07, 6.45) is -2.77. The molecule has 0 aromatic carbocycles. The quantitative estimate of drug-likeness (QED) is 0.858. The van der Waals surface area contributed by atoms with Crippen LogP contribution in [0.3, 0.4) is 0 Å². The van der Waals surface area contributed by atoms with Crippen LogP contribution in [0, 0.1) is 0 Å². The molecule has 1 N–H and O–H groups in total. The fourth-order valence-electron chi connectivity index (χ4n) is 2.09. The maximum Gasteiger partial charge on any atom is 0.418 e. The normalized spacial score (nSPS) is 14.3. The molecule has 0 saturated heterocycles. The number of nitrogens with one attached hydrogen (secondary N) is 1. The van der Waals surface area contributed by atoms with Crippen molar-refractivity contribution >= 4 is 11.7 Å². The summed E-state index contributed by atoms with van der Waals surface area (Å²) in [6.45, 7) is 0. The number of carbonyl (C=O) groups excluding carboxylic acids is 1. The largest absolute Gasteiger partial charge is 0.418 e. The van der Waals surface area contributed by atoms with E-state index >= 15 is 0 Å². The van der Waals surface area contributed by atoms with E-state index in [1.807, 2.05) is 0 Å². The fraction of sp³-hybridized carbons (Fsp3) is 0.273. The van der Waals surface area contributed by atoms with Gasteiger partial charge in [-0.15, -0.1) is 0 Å². The highest BCUT2D eigenvalue weighted by atomic mass is 19.4. The summed E-state index contributed by atoms with van der Waals surface area (Å²) in [4.78, 5) is 18.9. The fourth-order valence-corrected chi connectivity index (χ4v) is 2.09. The van der Waals surface area contributed by atoms with Gasteiger partial charge in [0.2, 0.25) is 5.91 Å². The van der Waals surface area contributed by atoms with Crippen LogP contribution in [0.15, 0.2) is 12.5 Å². The summed E-state index contributed by atoms with van der Waals surface area (Å²) < 4.78 is 40.6. The van der Waals surface area contributed by atoms with Gasteiger partial charge in [0, 0.05) is 24.4 Å². The van der Waals surface area contributed by atoms with Crippen molar-refractivity contribution in [2.75, 3.05) is 5.32 Å². The van der Waals surface area contributed by atoms with Crippen LogP contribution in [-0.2, 0) is 24.4 Å². The van der Waals surface area contributed by atoms with Gasteiger partial charge >= 0.3 is 6.18 Å². The number of alkyl halides is 3. The van der Waals surface area contributed by atoms with Crippen LogP contribution in [0.5, 0.6) is 0 Å². The monoisotopic (exact) mass is 283 g/mol. The zero-order valence-corrected chi connectivity index (χ0v) is 10.2. The van der Waals surface area contributed by atoms with E-state index in [1.54, 1.807) is 7.05 Å². The van der Waals surface area contributed by atoms with Crippen LogP contribution in [0.1, 0.15) is 11.1 Å². The summed E-state index contributed by atoms with van der Waals surface area (Å²) in [7, 11) is 1.55. The summed E-state index contributed by atoms with van der Waals surface area (Å²) in [5, 5.41) is 6.31. The van der Waals surface area contributed by atoms with Crippen molar-refractivity contribution < 1.29 is 18.0 Å². The molecule has 1 aliphatic rings. The molecule has 2 aromatic rings. The molecule has 1 amide bonds. The molecule has 0 spiro atoms. The molecule has 0 radical (unpaired) electrons. The molecule has 0 fully saturated rings. The first-order chi connectivity index (χ1) is 9.36. The second kappa shape index (κ2) is 4.02. The Balaban J connectivity index is 2.29. The molecule has 3 heterocycles. The van der Waals surface area contributed by atoms with E-state index in [1.165, 1.54) is 11.0 Å². The van der Waals surface area contributed by atoms with Crippen molar-refractivity contribution in [2.45, 2.75) is 12.6 Å². The van der Waals surface area contributed by atoms with Crippen LogP contribution in [0.25, 0.3) is 11.4 Å². The first-order valence-corrected chi connectivity index (χ1v) is 5.61. The molecule has 9 heteroatoms. The summed E-state index contributed by atoms with van der Waals surface area (Å²) in [5.41, 5.74) is -0.962. The molecule has 104 valence electrons. The number of amides is 1. The van der Waals surface area contributed by atoms with Gasteiger partial charge in [-0.2, -0.15) is 18.3 Å². The average molecular weight is 283 g/mol. The molecule has 0 saturated carbocycles. The van der Waals surface area contributed by atoms with E-state index in [0.29, 0.717) is 6.20 Å². The molecule has 0 atom stereocenters. The molecule has 3 rings (SSSR count). The van der Waals surface area contributed by atoms with Gasteiger partial charge < -0.3 is 5.32 Å². The van der Waals surface area contributed by atoms with Crippen molar-refractivity contribution in [2.24, 2.45) is 7.05 Å². The maximum absolute atomic E-state index is 13.1. The predicted octanol–water partition coefficient (Wildman–Crippen LogP) is 1.39. The summed E-state index contributed by atoms with van der Waals surface area (Å²) in [6, 6.07) is 0. The number of aryl methyl sites for hydroxylation is 1. The minimum Gasteiger partial charge on any atom is -0.310 e. The van der Waals surface area contributed by atoms with E-state index < -0.39 is 17.6 Å². The van der Waals surface area contributed by atoms with Crippen molar-refractivity contribution in [3.8, 4) is 11.4 Å². The van der Waals surface area contributed by atoms with Gasteiger partial charge in [-0.25, -0.2) is 9.97 Å². The van der Waals surface area contributed by atoms with E-state index in [4.69, 9.17) is 0 Å². The first-order valence-electron chi connectivity index (χ1n) is 5.61. The Labute approximate surface area is 110 Å². The number of hydrogen-bond acceptors (Lipinski definition) is 4. The topological polar surface area (TPSA) is 72.7 Å². The molecule has 6 nitrogen and oxygen atoms in total. The highest BCUT2D eigenvalue weighted by molar-refractivity contribution is 6.00. The van der Waals surface area contributed by atoms with Crippen LogP contribution in [0.2, 0.25) is 0 Å². The number of halogens is 3. The third kappa shape index (κ3) is 1.91. The Hall–Kier alpha value is -2.45. The lowest BCUT2D eigenvalue weighted by atomic mass is 10.0. The van der Waals surface area contributed by atoms with Crippen molar-refractivity contribution in [1.29, 1.82) is 0 Å². The third-order valence-corrected chi connectivity index (χ3v) is 2.90. The lowest BCUT2D eigenvalue weighted by Gasteiger charge is -2.13. The molecule has 2 aromatic heterocycles. The molecule has 0 aliphatic carbocycles. The van der Waals surface area contributed by atoms with E-state index in [0.717, 1.165) is 0 Å². The number of pyridine rings is 1. The summed E-state index contributed by atoms with van der Waals surface area (Å²) in [5.74, 6) is -0.343. The molecular weight excluding hydrogens is 275 g/mol. The highest BCUT2D eigenvalue weighted by Gasteiger charge is 2.39. The predicted molar refractivity (Wildman–Crippen MR) is 61.6 cm³/mol. The van der Waals surface area contributed by atoms with Gasteiger partial charge in [0.1, 0.15) is 12.1 Å². The lowest BCUT2D eigenvalue weighted by molar-refractivity contribution is -0.137. The molecular formula is C11H8F3N5O. The maximum atomic E-state index is 13.1. The number of carbonyl (C=O) groups is 1. The van der Waals surface area contributed by atoms with Gasteiger partial charge in [0.15, 0.2) is 5.82 Å². The van der Waals surface area contributed by atoms with Gasteiger partial charge in [-0.1, -0.05) is 0 Å². The zero-order chi connectivity index (χ0) is 14.5. The first kappa shape index (κ1) is 12.6. The smallest absolute Gasteiger partial charge is 0.310 e. The van der Waals surface area contributed by atoms with Gasteiger partial charge in [0.25, 0.3) is 0 Å². The Morgan fingerprint density at radius 2 is 2.10 bits per heavy atom. The Morgan fingerprint density at radius 1 is 1.35 bits per heavy atom. The Kier molecular flexibility index (Phi) is 2.53. The van der Waals surface area contributed by atoms with E-state index in [2.05, 4.69) is 20.4 Å². The minimum absolute atomic E-state index is 0.0741. The molecule has 20 heavy (non-hydrogen) atoms. The second-order valence-electron chi connectivity index (χ2n) is 4.34. The van der Waals surface area contributed by atoms with Gasteiger partial charge in [-0.05, 0) is 0 Å². The SMILES string of the molecule is Cn1cnc(-c2c(C(F)(F)F)cnc3c2CC(=O)N3)n1. The average Bonchev–Trinajstić information content (AvgIpc) is 2.91. The molecule has 0 unspecified atom stereocenters. The number of hydrogen-bond donors (Lipinski definition) is 1. The zero-order valence-electron chi connectivity index (χ0n) is 10.2. The number of rotatable bonds is 1. The van der Waals surface area contributed by atoms with Gasteiger partial charge in [-0.3, -0.25) is 9.48 Å². The standard InChI is InChI=1S/C11H8F3N5O/c1-19-4-16-10(18-19)8-5-2-7(20)17-9(5)15-3-6(8)11(12,13)14/h3-4H,2H2,1H3,(H,15,17,20). The third-order valence-electron chi connectivity index (χ3n) is 2.90. The van der Waals surface area contributed by atoms with Crippen LogP contribution < -0.4 is 5.32 Å². The van der Waals surface area contributed by atoms with Crippen molar-refractivity contribution in [1.82, 2.24) is 19.7 Å². The second-order valence-corrected chi connectivity index (χ2v) is 4.34. The van der Waals surface area contributed by atoms with Crippen LogP contribution in [0.4, 0.5) is 19.0 Å². The summed E-state index contributed by atoms with van der Waals surface area (Å²) >= 11 is 0. The molecule has 1 aliphatic heterocycles. The number of fused-ring (bicyclic) bond motifs is 1. The highest BCUT2D eigenvalue weighted by Crippen LogP contribution is 2.40. The lowest BCUT2D eigenvalue weighted by Crippen LogP contribution is -2.10. The number of nitrogens with zero attached hydrogens (tertiary/aromatic N) is 4. The molecule has 0 bridgehead atoms. The van der Waals surface area contributed by atoms with E-state index in [9.17, 15) is 18.0 Å². The Morgan fingerprint density at radius 3 is 2.70 bits per heavy atom. The van der Waals surface area contributed by atoms with Gasteiger partial charge in [0.05, 0.1) is 12.0 Å². The number of aromatic nitrogens is 4. The van der Waals surface area contributed by atoms with Crippen LogP contribution in [-0.4, -0.2) is 25.7 Å². The minimum atomic E-state index is -4.60. The number of anilines is 1. The van der Waals surface area contributed by atoms with Crippen molar-refractivity contribution in [3.05, 3.63) is 23.7 Å². The Bertz CT molecular complexity index is 707. The van der Waals surface area contributed by atoms with Crippen molar-refractivity contribution in [3.63, 3.8) is 0 Å².